The summed E-state index contributed by atoms with van der Waals surface area (Å²) < 4.78 is 39.8. The Morgan fingerprint density at radius 3 is 2.50 bits per heavy atom. The van der Waals surface area contributed by atoms with Gasteiger partial charge in [-0.3, -0.25) is 4.68 Å². The third-order valence-electron chi connectivity index (χ3n) is 3.49. The zero-order chi connectivity index (χ0) is 17.5. The van der Waals surface area contributed by atoms with Crippen LogP contribution in [0.5, 0.6) is 0 Å². The minimum atomic E-state index is -4.69. The molecule has 0 atom stereocenters. The van der Waals surface area contributed by atoms with Gasteiger partial charge < -0.3 is 5.11 Å². The highest BCUT2D eigenvalue weighted by Crippen LogP contribution is 2.30. The van der Waals surface area contributed by atoms with Gasteiger partial charge in [-0.2, -0.15) is 18.3 Å². The molecule has 3 aromatic rings. The van der Waals surface area contributed by atoms with Gasteiger partial charge in [-0.05, 0) is 34.5 Å². The van der Waals surface area contributed by atoms with Crippen molar-refractivity contribution in [2.75, 3.05) is 0 Å². The van der Waals surface area contributed by atoms with Gasteiger partial charge >= 0.3 is 12.1 Å². The van der Waals surface area contributed by atoms with Crippen LogP contribution in [-0.4, -0.2) is 20.9 Å². The highest BCUT2D eigenvalue weighted by atomic mass is 35.5. The molecule has 0 saturated heterocycles. The first-order chi connectivity index (χ1) is 11.2. The summed E-state index contributed by atoms with van der Waals surface area (Å²) in [7, 11) is 0. The van der Waals surface area contributed by atoms with Crippen molar-refractivity contribution in [2.45, 2.75) is 12.7 Å². The molecule has 0 aliphatic rings. The molecular formula is C16H10ClF3N2O2. The molecule has 2 aromatic carbocycles. The monoisotopic (exact) mass is 354 g/mol. The molecule has 8 heteroatoms. The lowest BCUT2D eigenvalue weighted by atomic mass is 10.1. The predicted molar refractivity (Wildman–Crippen MR) is 82.2 cm³/mol. The van der Waals surface area contributed by atoms with E-state index in [-0.39, 0.29) is 6.54 Å². The number of carbonyl (C=O) groups is 1. The lowest BCUT2D eigenvalue weighted by Gasteiger charge is -2.11. The van der Waals surface area contributed by atoms with E-state index in [0.29, 0.717) is 21.3 Å². The van der Waals surface area contributed by atoms with Gasteiger partial charge in [-0.1, -0.05) is 29.8 Å². The molecule has 1 aromatic heterocycles. The first kappa shape index (κ1) is 16.3. The van der Waals surface area contributed by atoms with Crippen LogP contribution in [-0.2, 0) is 12.7 Å². The molecule has 0 aliphatic heterocycles. The smallest absolute Gasteiger partial charge is 0.433 e. The van der Waals surface area contributed by atoms with Crippen molar-refractivity contribution in [3.63, 3.8) is 0 Å². The van der Waals surface area contributed by atoms with Gasteiger partial charge in [0, 0.05) is 11.1 Å². The number of hydrogen-bond donors (Lipinski definition) is 1. The summed E-state index contributed by atoms with van der Waals surface area (Å²) in [5.74, 6) is -1.51. The number of carboxylic acid groups (broad SMARTS) is 1. The number of alkyl halides is 3. The second-order valence-corrected chi connectivity index (χ2v) is 5.64. The standard InChI is InChI=1S/C16H10ClF3N2O2/c17-12-4-3-10-2-1-9(5-11(10)6-12)8-22-14(16(18,19)20)7-13(21-22)15(23)24/h1-7H,8H2,(H,23,24). The van der Waals surface area contributed by atoms with Gasteiger partial charge in [0.2, 0.25) is 0 Å². The van der Waals surface area contributed by atoms with Crippen LogP contribution in [0.4, 0.5) is 13.2 Å². The van der Waals surface area contributed by atoms with Crippen molar-refractivity contribution in [1.29, 1.82) is 0 Å². The Balaban J connectivity index is 2.03. The number of benzene rings is 2. The van der Waals surface area contributed by atoms with Crippen LogP contribution < -0.4 is 0 Å². The first-order valence-corrected chi connectivity index (χ1v) is 7.18. The van der Waals surface area contributed by atoms with Crippen molar-refractivity contribution in [3.8, 4) is 0 Å². The predicted octanol–water partition coefficient (Wildman–Crippen LogP) is 4.46. The molecule has 24 heavy (non-hydrogen) atoms. The van der Waals surface area contributed by atoms with Crippen molar-refractivity contribution in [1.82, 2.24) is 9.78 Å². The average molecular weight is 355 g/mol. The Morgan fingerprint density at radius 2 is 1.83 bits per heavy atom. The molecular weight excluding hydrogens is 345 g/mol. The fourth-order valence-corrected chi connectivity index (χ4v) is 2.59. The summed E-state index contributed by atoms with van der Waals surface area (Å²) in [6, 6.07) is 10.9. The highest BCUT2D eigenvalue weighted by molar-refractivity contribution is 6.31. The maximum Gasteiger partial charge on any atom is 0.433 e. The summed E-state index contributed by atoms with van der Waals surface area (Å²) in [6.45, 7) is -0.204. The molecule has 0 aliphatic carbocycles. The van der Waals surface area contributed by atoms with Crippen LogP contribution in [0, 0.1) is 0 Å². The Hall–Kier alpha value is -2.54. The number of halogens is 4. The minimum Gasteiger partial charge on any atom is -0.476 e. The number of fused-ring (bicyclic) bond motifs is 1. The number of aromatic carboxylic acids is 1. The first-order valence-electron chi connectivity index (χ1n) is 6.80. The highest BCUT2D eigenvalue weighted by Gasteiger charge is 2.36. The number of rotatable bonds is 3. The van der Waals surface area contributed by atoms with Crippen LogP contribution in [0.1, 0.15) is 21.7 Å². The fraction of sp³-hybridized carbons (Fsp3) is 0.125. The molecule has 0 spiro atoms. The van der Waals surface area contributed by atoms with Crippen LogP contribution in [0.2, 0.25) is 5.02 Å². The van der Waals surface area contributed by atoms with Crippen molar-refractivity contribution in [3.05, 3.63) is 64.4 Å². The SMILES string of the molecule is O=C(O)c1cc(C(F)(F)F)n(Cc2ccc3ccc(Cl)cc3c2)n1. The molecule has 3 rings (SSSR count). The topological polar surface area (TPSA) is 55.1 Å². The summed E-state index contributed by atoms with van der Waals surface area (Å²) in [5.41, 5.74) is -1.20. The Bertz CT molecular complexity index is 935. The normalized spacial score (nSPS) is 11.8. The van der Waals surface area contributed by atoms with Crippen LogP contribution >= 0.6 is 11.6 Å². The van der Waals surface area contributed by atoms with E-state index < -0.39 is 23.5 Å². The van der Waals surface area contributed by atoms with Gasteiger partial charge in [0.15, 0.2) is 5.69 Å². The number of hydrogen-bond acceptors (Lipinski definition) is 2. The van der Waals surface area contributed by atoms with Crippen molar-refractivity contribution < 1.29 is 23.1 Å². The number of aromatic nitrogens is 2. The molecule has 0 unspecified atom stereocenters. The van der Waals surface area contributed by atoms with Gasteiger partial charge in [0.05, 0.1) is 6.54 Å². The Morgan fingerprint density at radius 1 is 1.12 bits per heavy atom. The Labute approximate surface area is 139 Å². The van der Waals surface area contributed by atoms with Crippen molar-refractivity contribution >= 4 is 28.3 Å². The maximum absolute atomic E-state index is 13.1. The lowest BCUT2D eigenvalue weighted by Crippen LogP contribution is -2.15. The molecule has 4 nitrogen and oxygen atoms in total. The van der Waals surface area contributed by atoms with Crippen molar-refractivity contribution in [2.24, 2.45) is 0 Å². The fourth-order valence-electron chi connectivity index (χ4n) is 2.41. The van der Waals surface area contributed by atoms with E-state index in [1.165, 1.54) is 0 Å². The quantitative estimate of drug-likeness (QED) is 0.755. The summed E-state index contributed by atoms with van der Waals surface area (Å²) in [5, 5.41) is 14.6. The second kappa shape index (κ2) is 5.83. The van der Waals surface area contributed by atoms with Gasteiger partial charge in [0.1, 0.15) is 5.69 Å². The molecule has 0 fully saturated rings. The molecule has 1 heterocycles. The Kier molecular flexibility index (Phi) is 3.96. The lowest BCUT2D eigenvalue weighted by molar-refractivity contribution is -0.144. The molecule has 0 saturated carbocycles. The van der Waals surface area contributed by atoms with Gasteiger partial charge in [-0.25, -0.2) is 4.79 Å². The summed E-state index contributed by atoms with van der Waals surface area (Å²) in [4.78, 5) is 10.9. The van der Waals surface area contributed by atoms with Gasteiger partial charge in [-0.15, -0.1) is 0 Å². The number of nitrogens with zero attached hydrogens (tertiary/aromatic N) is 2. The van der Waals surface area contributed by atoms with E-state index in [2.05, 4.69) is 5.10 Å². The maximum atomic E-state index is 13.1. The second-order valence-electron chi connectivity index (χ2n) is 5.20. The minimum absolute atomic E-state index is 0.204. The van der Waals surface area contributed by atoms with E-state index in [9.17, 15) is 18.0 Å². The van der Waals surface area contributed by atoms with E-state index in [4.69, 9.17) is 16.7 Å². The molecule has 1 N–H and O–H groups in total. The van der Waals surface area contributed by atoms with Crippen LogP contribution in [0.15, 0.2) is 42.5 Å². The molecule has 0 bridgehead atoms. The zero-order valence-electron chi connectivity index (χ0n) is 12.0. The molecule has 0 amide bonds. The van der Waals surface area contributed by atoms with E-state index in [1.807, 2.05) is 0 Å². The van der Waals surface area contributed by atoms with E-state index >= 15 is 0 Å². The van der Waals surface area contributed by atoms with Crippen LogP contribution in [0.3, 0.4) is 0 Å². The largest absolute Gasteiger partial charge is 0.476 e. The van der Waals surface area contributed by atoms with E-state index in [0.717, 1.165) is 10.8 Å². The van der Waals surface area contributed by atoms with Gasteiger partial charge in [0.25, 0.3) is 0 Å². The number of carboxylic acids is 1. The molecule has 0 radical (unpaired) electrons. The third kappa shape index (κ3) is 3.21. The average Bonchev–Trinajstić information content (AvgIpc) is 2.91. The molecule has 124 valence electrons. The van der Waals surface area contributed by atoms with Crippen LogP contribution in [0.25, 0.3) is 10.8 Å². The summed E-state index contributed by atoms with van der Waals surface area (Å²) in [6.07, 6.45) is -4.69. The zero-order valence-corrected chi connectivity index (χ0v) is 12.8. The summed E-state index contributed by atoms with van der Waals surface area (Å²) >= 11 is 5.92. The van der Waals surface area contributed by atoms with E-state index in [1.54, 1.807) is 36.4 Å². The third-order valence-corrected chi connectivity index (χ3v) is 3.72.